The van der Waals surface area contributed by atoms with Crippen LogP contribution in [0.25, 0.3) is 10.6 Å². The molecule has 0 bridgehead atoms. The second-order valence-electron chi connectivity index (χ2n) is 6.73. The Morgan fingerprint density at radius 2 is 1.79 bits per heavy atom. The van der Waals surface area contributed by atoms with Gasteiger partial charge in [0.25, 0.3) is 9.84 Å². The van der Waals surface area contributed by atoms with Gasteiger partial charge in [0, 0.05) is 11.8 Å². The summed E-state index contributed by atoms with van der Waals surface area (Å²) in [4.78, 5) is 31.8. The average molecular weight is 520 g/mol. The topological polar surface area (TPSA) is 129 Å². The molecule has 3 rings (SSSR count). The van der Waals surface area contributed by atoms with Crippen molar-refractivity contribution in [3.8, 4) is 10.6 Å². The summed E-state index contributed by atoms with van der Waals surface area (Å²) in [6.07, 6.45) is -1.04. The van der Waals surface area contributed by atoms with Crippen molar-refractivity contribution in [3.63, 3.8) is 0 Å². The first kappa shape index (κ1) is 24.8. The van der Waals surface area contributed by atoms with Gasteiger partial charge >= 0.3 is 11.6 Å². The zero-order valence-electron chi connectivity index (χ0n) is 16.9. The highest BCUT2D eigenvalue weighted by molar-refractivity contribution is 7.92. The zero-order valence-corrected chi connectivity index (χ0v) is 19.3. The van der Waals surface area contributed by atoms with Gasteiger partial charge in [-0.2, -0.15) is 13.2 Å². The third-order valence-corrected chi connectivity index (χ3v) is 7.61. The molecule has 0 aliphatic rings. The van der Waals surface area contributed by atoms with E-state index < -0.39 is 26.3 Å². The van der Waals surface area contributed by atoms with Gasteiger partial charge in [-0.3, -0.25) is 4.79 Å². The van der Waals surface area contributed by atoms with E-state index in [0.717, 1.165) is 17.1 Å². The van der Waals surface area contributed by atoms with E-state index in [9.17, 15) is 31.2 Å². The van der Waals surface area contributed by atoms with Crippen LogP contribution in [0.2, 0.25) is 0 Å². The number of nitrogens with zero attached hydrogens (tertiary/aromatic N) is 2. The molecule has 0 fully saturated rings. The number of aromatic nitrogens is 2. The van der Waals surface area contributed by atoms with Gasteiger partial charge in [-0.1, -0.05) is 12.1 Å². The highest BCUT2D eigenvalue weighted by Gasteiger charge is 2.46. The number of ether oxygens (including phenoxy) is 1. The molecule has 0 atom stereocenters. The Morgan fingerprint density at radius 1 is 1.12 bits per heavy atom. The smallest absolute Gasteiger partial charge is 0.443 e. The predicted molar refractivity (Wildman–Crippen MR) is 114 cm³/mol. The molecule has 2 N–H and O–H groups in total. The van der Waals surface area contributed by atoms with E-state index in [0.29, 0.717) is 26.8 Å². The van der Waals surface area contributed by atoms with Gasteiger partial charge in [0.15, 0.2) is 0 Å². The molecule has 0 aliphatic carbocycles. The van der Waals surface area contributed by atoms with Crippen LogP contribution < -0.4 is 5.73 Å². The lowest BCUT2D eigenvalue weighted by molar-refractivity contribution is -0.117. The molecule has 0 saturated carbocycles. The van der Waals surface area contributed by atoms with Crippen LogP contribution in [0.4, 0.5) is 18.0 Å². The van der Waals surface area contributed by atoms with Crippen LogP contribution in [-0.2, 0) is 38.8 Å². The van der Waals surface area contributed by atoms with E-state index in [-0.39, 0.29) is 25.2 Å². The maximum absolute atomic E-state index is 12.6. The van der Waals surface area contributed by atoms with Gasteiger partial charge in [-0.15, -0.1) is 22.7 Å². The molecule has 0 aliphatic heterocycles. The lowest BCUT2D eigenvalue weighted by Gasteiger charge is -2.08. The molecule has 1 aromatic carbocycles. The van der Waals surface area contributed by atoms with Crippen LogP contribution in [0.3, 0.4) is 0 Å². The number of benzene rings is 1. The summed E-state index contributed by atoms with van der Waals surface area (Å²) < 4.78 is 65.5. The molecule has 0 radical (unpaired) electrons. The van der Waals surface area contributed by atoms with Crippen LogP contribution in [0.15, 0.2) is 34.5 Å². The van der Waals surface area contributed by atoms with Gasteiger partial charge < -0.3 is 10.5 Å². The van der Waals surface area contributed by atoms with Crippen LogP contribution in [0.5, 0.6) is 0 Å². The second-order valence-corrected chi connectivity index (χ2v) is 10.8. The minimum absolute atomic E-state index is 0.0157. The zero-order chi connectivity index (χ0) is 24.4. The van der Waals surface area contributed by atoms with E-state index in [4.69, 9.17) is 10.5 Å². The number of alkyl halides is 3. The fourth-order valence-corrected chi connectivity index (χ4v) is 5.32. The maximum Gasteiger partial charge on any atom is 0.501 e. The Labute approximate surface area is 194 Å². The molecule has 8 nitrogen and oxygen atoms in total. The molecule has 0 unspecified atom stereocenters. The summed E-state index contributed by atoms with van der Waals surface area (Å²) >= 11 is 2.59. The molecular weight excluding hydrogens is 503 g/mol. The summed E-state index contributed by atoms with van der Waals surface area (Å²) in [6.45, 7) is 1.67. The van der Waals surface area contributed by atoms with Crippen molar-refractivity contribution in [2.45, 2.75) is 36.8 Å². The second kappa shape index (κ2) is 9.57. The van der Waals surface area contributed by atoms with E-state index in [1.54, 1.807) is 12.3 Å². The van der Waals surface area contributed by atoms with Gasteiger partial charge in [0.1, 0.15) is 17.4 Å². The highest BCUT2D eigenvalue weighted by Crippen LogP contribution is 2.32. The number of primary amides is 1. The van der Waals surface area contributed by atoms with Crippen LogP contribution in [-0.4, -0.2) is 35.8 Å². The highest BCUT2D eigenvalue weighted by atomic mass is 32.2. The number of hydrogen-bond donors (Lipinski definition) is 1. The van der Waals surface area contributed by atoms with E-state index in [1.165, 1.54) is 34.8 Å². The van der Waals surface area contributed by atoms with Crippen molar-refractivity contribution in [2.24, 2.45) is 5.73 Å². The van der Waals surface area contributed by atoms with Crippen LogP contribution in [0.1, 0.15) is 21.3 Å². The SMILES string of the molecule is Cc1nc(COC(N)=O)c(-c2csc(CC(=O)Cc3ccc(S(=O)(=O)C(F)(F)F)cc3)n2)s1. The van der Waals surface area contributed by atoms with Crippen molar-refractivity contribution < 1.29 is 35.9 Å². The number of carbonyl (C=O) groups excluding carboxylic acids is 2. The number of nitrogens with two attached hydrogens (primary N) is 1. The number of thiazole rings is 2. The Kier molecular flexibility index (Phi) is 7.19. The minimum atomic E-state index is -5.44. The quantitative estimate of drug-likeness (QED) is 0.479. The normalized spacial score (nSPS) is 12.0. The number of aryl methyl sites for hydroxylation is 1. The summed E-state index contributed by atoms with van der Waals surface area (Å²) in [5.74, 6) is -0.250. The van der Waals surface area contributed by atoms with Gasteiger partial charge in [-0.05, 0) is 24.6 Å². The van der Waals surface area contributed by atoms with Crippen molar-refractivity contribution in [2.75, 3.05) is 0 Å². The number of sulfone groups is 1. The molecular formula is C19H16F3N3O5S3. The number of rotatable bonds is 8. The minimum Gasteiger partial charge on any atom is -0.443 e. The van der Waals surface area contributed by atoms with Crippen molar-refractivity contribution in [1.29, 1.82) is 0 Å². The van der Waals surface area contributed by atoms with E-state index >= 15 is 0 Å². The standard InChI is InChI=1S/C19H16F3N3O5S3/c1-10-24-14(8-30-18(23)27)17(32-10)15-9-31-16(25-15)7-12(26)6-11-2-4-13(5-3-11)33(28,29)19(20,21)22/h2-5,9H,6-8H2,1H3,(H2,23,27). The number of amides is 1. The molecule has 0 spiro atoms. The summed E-state index contributed by atoms with van der Waals surface area (Å²) in [6, 6.07) is 4.01. The Morgan fingerprint density at radius 3 is 2.39 bits per heavy atom. The third-order valence-electron chi connectivity index (χ3n) is 4.23. The van der Waals surface area contributed by atoms with Gasteiger partial charge in [0.2, 0.25) is 0 Å². The van der Waals surface area contributed by atoms with Crippen molar-refractivity contribution >= 4 is 44.4 Å². The molecule has 2 heterocycles. The molecule has 2 aromatic heterocycles. The summed E-state index contributed by atoms with van der Waals surface area (Å²) in [5, 5.41) is 2.98. The first-order valence-electron chi connectivity index (χ1n) is 9.12. The first-order chi connectivity index (χ1) is 15.4. The lowest BCUT2D eigenvalue weighted by atomic mass is 10.1. The van der Waals surface area contributed by atoms with Crippen molar-refractivity contribution in [1.82, 2.24) is 9.97 Å². The number of ketones is 1. The monoisotopic (exact) mass is 519 g/mol. The Balaban J connectivity index is 1.67. The maximum atomic E-state index is 12.6. The molecule has 3 aromatic rings. The molecule has 0 saturated heterocycles. The molecule has 176 valence electrons. The predicted octanol–water partition coefficient (Wildman–Crippen LogP) is 3.82. The lowest BCUT2D eigenvalue weighted by Crippen LogP contribution is -2.23. The van der Waals surface area contributed by atoms with Crippen molar-refractivity contribution in [3.05, 3.63) is 50.9 Å². The Bertz CT molecular complexity index is 1280. The largest absolute Gasteiger partial charge is 0.501 e. The van der Waals surface area contributed by atoms with Gasteiger partial charge in [-0.25, -0.2) is 23.2 Å². The fourth-order valence-electron chi connectivity index (χ4n) is 2.78. The van der Waals surface area contributed by atoms with E-state index in [2.05, 4.69) is 9.97 Å². The van der Waals surface area contributed by atoms with E-state index in [1.807, 2.05) is 0 Å². The fraction of sp³-hybridized carbons (Fsp3) is 0.263. The third kappa shape index (κ3) is 5.94. The summed E-state index contributed by atoms with van der Waals surface area (Å²) in [7, 11) is -5.44. The number of hydrogen-bond acceptors (Lipinski definition) is 9. The average Bonchev–Trinajstić information content (AvgIpc) is 3.31. The number of halogens is 3. The number of carbonyl (C=O) groups is 2. The van der Waals surface area contributed by atoms with Gasteiger partial charge in [0.05, 0.1) is 32.6 Å². The van der Waals surface area contributed by atoms with Crippen LogP contribution in [0, 0.1) is 6.92 Å². The molecule has 14 heteroatoms. The van der Waals surface area contributed by atoms with Crippen LogP contribution >= 0.6 is 22.7 Å². The first-order valence-corrected chi connectivity index (χ1v) is 12.3. The number of Topliss-reactive ketones (excluding diaryl/α,β-unsaturated/α-hetero) is 1. The molecule has 33 heavy (non-hydrogen) atoms. The Hall–Kier alpha value is -2.84. The summed E-state index contributed by atoms with van der Waals surface area (Å²) in [5.41, 5.74) is 1.04. The molecule has 1 amide bonds.